The summed E-state index contributed by atoms with van der Waals surface area (Å²) < 4.78 is 4.21. The van der Waals surface area contributed by atoms with E-state index in [-0.39, 0.29) is 11.4 Å². The molecule has 1 saturated carbocycles. The maximum Gasteiger partial charge on any atom is 0.274 e. The van der Waals surface area contributed by atoms with Gasteiger partial charge in [-0.1, -0.05) is 6.92 Å². The Morgan fingerprint density at radius 3 is 2.39 bits per heavy atom. The monoisotopic (exact) mass is 383 g/mol. The fourth-order valence-electron chi connectivity index (χ4n) is 4.34. The van der Waals surface area contributed by atoms with Crippen LogP contribution in [0.15, 0.2) is 18.3 Å². The van der Waals surface area contributed by atoms with E-state index < -0.39 is 0 Å². The van der Waals surface area contributed by atoms with E-state index in [1.807, 2.05) is 17.2 Å². The molecule has 0 unspecified atom stereocenters. The first kappa shape index (κ1) is 19.2. The number of carbonyl (C=O) groups is 1. The Labute approximate surface area is 167 Å². The third-order valence-electron chi connectivity index (χ3n) is 5.97. The van der Waals surface area contributed by atoms with Crippen LogP contribution in [0.5, 0.6) is 0 Å². The minimum Gasteiger partial charge on any atom is -0.337 e. The number of carbonyl (C=O) groups excluding carboxylic acids is 1. The van der Waals surface area contributed by atoms with Crippen molar-refractivity contribution in [1.29, 1.82) is 0 Å². The molecule has 0 atom stereocenters. The summed E-state index contributed by atoms with van der Waals surface area (Å²) >= 11 is 0. The molecule has 0 spiro atoms. The van der Waals surface area contributed by atoms with Crippen LogP contribution in [0.1, 0.15) is 93.5 Å². The van der Waals surface area contributed by atoms with Gasteiger partial charge in [0.25, 0.3) is 5.91 Å². The van der Waals surface area contributed by atoms with Gasteiger partial charge in [-0.05, 0) is 65.0 Å². The van der Waals surface area contributed by atoms with Crippen molar-refractivity contribution in [2.24, 2.45) is 0 Å². The van der Waals surface area contributed by atoms with E-state index in [0.29, 0.717) is 17.5 Å². The van der Waals surface area contributed by atoms with Crippen LogP contribution in [0.3, 0.4) is 0 Å². The van der Waals surface area contributed by atoms with Gasteiger partial charge >= 0.3 is 0 Å². The van der Waals surface area contributed by atoms with Crippen molar-refractivity contribution < 1.29 is 4.79 Å². The van der Waals surface area contributed by atoms with Crippen molar-refractivity contribution in [3.8, 4) is 0 Å². The number of aromatic nitrogens is 4. The molecule has 1 aliphatic carbocycles. The van der Waals surface area contributed by atoms with Gasteiger partial charge in [-0.2, -0.15) is 10.2 Å². The van der Waals surface area contributed by atoms with E-state index >= 15 is 0 Å². The topological polar surface area (TPSA) is 56.0 Å². The fourth-order valence-corrected chi connectivity index (χ4v) is 4.34. The normalized spacial score (nSPS) is 18.6. The zero-order valence-corrected chi connectivity index (χ0v) is 17.7. The third-order valence-corrected chi connectivity index (χ3v) is 5.97. The number of likely N-dealkylation sites (tertiary alicyclic amines) is 1. The maximum atomic E-state index is 13.1. The molecule has 4 rings (SSSR count). The molecule has 2 aromatic rings. The lowest BCUT2D eigenvalue weighted by molar-refractivity contribution is 0.0703. The molecule has 1 amide bonds. The summed E-state index contributed by atoms with van der Waals surface area (Å²) in [5, 5.41) is 9.20. The Hall–Kier alpha value is -2.11. The first-order valence-corrected chi connectivity index (χ1v) is 10.8. The minimum absolute atomic E-state index is 0.0883. The van der Waals surface area contributed by atoms with Gasteiger partial charge in [-0.25, -0.2) is 0 Å². The van der Waals surface area contributed by atoms with E-state index in [1.165, 1.54) is 24.2 Å². The molecule has 0 radical (unpaired) electrons. The number of hydrogen-bond acceptors (Lipinski definition) is 3. The summed E-state index contributed by atoms with van der Waals surface area (Å²) in [6.07, 6.45) is 7.42. The molecule has 28 heavy (non-hydrogen) atoms. The molecule has 0 N–H and O–H groups in total. The second-order valence-electron chi connectivity index (χ2n) is 9.36. The average Bonchev–Trinajstić information content (AvgIpc) is 3.23. The molecule has 2 aliphatic rings. The number of aryl methyl sites for hydroxylation is 1. The van der Waals surface area contributed by atoms with Crippen LogP contribution < -0.4 is 0 Å². The molecule has 0 aromatic carbocycles. The molecule has 6 nitrogen and oxygen atoms in total. The summed E-state index contributed by atoms with van der Waals surface area (Å²) in [4.78, 5) is 15.1. The second kappa shape index (κ2) is 7.37. The average molecular weight is 384 g/mol. The van der Waals surface area contributed by atoms with Crippen molar-refractivity contribution >= 4 is 5.91 Å². The molecule has 6 heteroatoms. The lowest BCUT2D eigenvalue weighted by atomic mass is 9.93. The smallest absolute Gasteiger partial charge is 0.274 e. The van der Waals surface area contributed by atoms with Crippen molar-refractivity contribution in [3.63, 3.8) is 0 Å². The molecule has 0 bridgehead atoms. The highest BCUT2D eigenvalue weighted by Crippen LogP contribution is 2.42. The first-order valence-electron chi connectivity index (χ1n) is 10.8. The predicted molar refractivity (Wildman–Crippen MR) is 110 cm³/mol. The van der Waals surface area contributed by atoms with Gasteiger partial charge in [0.15, 0.2) is 5.69 Å². The number of hydrogen-bond donors (Lipinski definition) is 0. The lowest BCUT2D eigenvalue weighted by Gasteiger charge is -2.32. The zero-order valence-electron chi connectivity index (χ0n) is 17.7. The summed E-state index contributed by atoms with van der Waals surface area (Å²) in [7, 11) is 0. The van der Waals surface area contributed by atoms with Gasteiger partial charge in [0, 0.05) is 49.1 Å². The highest BCUT2D eigenvalue weighted by Gasteiger charge is 2.34. The Balaban J connectivity index is 1.45. The Morgan fingerprint density at radius 1 is 1.11 bits per heavy atom. The van der Waals surface area contributed by atoms with Crippen LogP contribution in [-0.4, -0.2) is 43.5 Å². The molecule has 1 aliphatic heterocycles. The van der Waals surface area contributed by atoms with Crippen LogP contribution in [0.2, 0.25) is 0 Å². The standard InChI is InChI=1S/C22H33N5O/c1-5-12-26-19(8-11-23-26)17-9-13-25(14-10-17)21(28)18-15-20(16-6-7-16)27(24-18)22(2,3)4/h8,11,15-17H,5-7,9-10,12-14H2,1-4H3. The predicted octanol–water partition coefficient (Wildman–Crippen LogP) is 4.14. The Morgan fingerprint density at radius 2 is 1.79 bits per heavy atom. The van der Waals surface area contributed by atoms with E-state index in [1.54, 1.807) is 0 Å². The third kappa shape index (κ3) is 3.74. The molecular weight excluding hydrogens is 350 g/mol. The van der Waals surface area contributed by atoms with Gasteiger partial charge in [0.05, 0.1) is 5.54 Å². The van der Waals surface area contributed by atoms with E-state index in [2.05, 4.69) is 48.2 Å². The van der Waals surface area contributed by atoms with Crippen LogP contribution >= 0.6 is 0 Å². The quantitative estimate of drug-likeness (QED) is 0.780. The second-order valence-corrected chi connectivity index (χ2v) is 9.36. The van der Waals surface area contributed by atoms with Crippen molar-refractivity contribution in [1.82, 2.24) is 24.5 Å². The summed E-state index contributed by atoms with van der Waals surface area (Å²) in [6, 6.07) is 4.19. The highest BCUT2D eigenvalue weighted by molar-refractivity contribution is 5.92. The van der Waals surface area contributed by atoms with Crippen molar-refractivity contribution in [2.45, 2.75) is 83.7 Å². The summed E-state index contributed by atoms with van der Waals surface area (Å²) in [5.74, 6) is 1.16. The molecule has 3 heterocycles. The van der Waals surface area contributed by atoms with E-state index in [9.17, 15) is 4.79 Å². The van der Waals surface area contributed by atoms with Gasteiger partial charge in [0.2, 0.25) is 0 Å². The van der Waals surface area contributed by atoms with Crippen LogP contribution in [-0.2, 0) is 12.1 Å². The van der Waals surface area contributed by atoms with Crippen LogP contribution in [0.25, 0.3) is 0 Å². The molecule has 2 fully saturated rings. The van der Waals surface area contributed by atoms with Crippen LogP contribution in [0, 0.1) is 0 Å². The summed E-state index contributed by atoms with van der Waals surface area (Å²) in [5.41, 5.74) is 3.07. The van der Waals surface area contributed by atoms with Gasteiger partial charge in [0.1, 0.15) is 0 Å². The molecule has 152 valence electrons. The van der Waals surface area contributed by atoms with Crippen LogP contribution in [0.4, 0.5) is 0 Å². The highest BCUT2D eigenvalue weighted by atomic mass is 16.2. The molecule has 1 saturated heterocycles. The fraction of sp³-hybridized carbons (Fsp3) is 0.682. The van der Waals surface area contributed by atoms with Crippen molar-refractivity contribution in [3.05, 3.63) is 35.4 Å². The van der Waals surface area contributed by atoms with E-state index in [0.717, 1.165) is 38.9 Å². The van der Waals surface area contributed by atoms with E-state index in [4.69, 9.17) is 5.10 Å². The zero-order chi connectivity index (χ0) is 19.9. The van der Waals surface area contributed by atoms with Gasteiger partial charge < -0.3 is 4.90 Å². The van der Waals surface area contributed by atoms with Gasteiger partial charge in [-0.15, -0.1) is 0 Å². The first-order chi connectivity index (χ1) is 13.4. The lowest BCUT2D eigenvalue weighted by Crippen LogP contribution is -2.38. The minimum atomic E-state index is -0.0961. The maximum absolute atomic E-state index is 13.1. The Kier molecular flexibility index (Phi) is 5.06. The molecular formula is C22H33N5O. The van der Waals surface area contributed by atoms with Crippen molar-refractivity contribution in [2.75, 3.05) is 13.1 Å². The van der Waals surface area contributed by atoms with Gasteiger partial charge in [-0.3, -0.25) is 14.2 Å². The SMILES string of the molecule is CCCn1nccc1C1CCN(C(=O)c2cc(C3CC3)n(C(C)(C)C)n2)CC1. The number of nitrogens with zero attached hydrogens (tertiary/aromatic N) is 5. The number of rotatable bonds is 5. The summed E-state index contributed by atoms with van der Waals surface area (Å²) in [6.45, 7) is 11.2. The Bertz CT molecular complexity index is 831. The number of amides is 1. The molecule has 2 aromatic heterocycles. The number of piperidine rings is 1. The largest absolute Gasteiger partial charge is 0.337 e.